The fraction of sp³-hybridized carbons (Fsp3) is 0.923. The van der Waals surface area contributed by atoms with Crippen molar-refractivity contribution in [1.29, 1.82) is 0 Å². The Balaban J connectivity index is 2.38. The molecule has 0 aliphatic carbocycles. The molecule has 0 bridgehead atoms. The zero-order chi connectivity index (χ0) is 12.9. The number of nitrogens with zero attached hydrogens (tertiary/aromatic N) is 1. The van der Waals surface area contributed by atoms with Crippen molar-refractivity contribution >= 4 is 5.91 Å². The molecule has 17 heavy (non-hydrogen) atoms. The first kappa shape index (κ1) is 14.5. The van der Waals surface area contributed by atoms with Crippen molar-refractivity contribution < 1.29 is 9.53 Å². The van der Waals surface area contributed by atoms with Crippen LogP contribution in [-0.4, -0.2) is 43.2 Å². The third-order valence-electron chi connectivity index (χ3n) is 3.58. The minimum absolute atomic E-state index is 0.0960. The second kappa shape index (κ2) is 6.36. The molecule has 0 saturated carbocycles. The number of hydrogen-bond donors (Lipinski definition) is 1. The van der Waals surface area contributed by atoms with E-state index >= 15 is 0 Å². The maximum Gasteiger partial charge on any atom is 0.251 e. The van der Waals surface area contributed by atoms with Gasteiger partial charge in [-0.3, -0.25) is 4.79 Å². The molecule has 0 aromatic rings. The Morgan fingerprint density at radius 1 is 1.59 bits per heavy atom. The molecule has 1 rings (SSSR count). The molecule has 1 aliphatic heterocycles. The second-order valence-electron chi connectivity index (χ2n) is 5.39. The van der Waals surface area contributed by atoms with E-state index in [4.69, 9.17) is 10.5 Å². The van der Waals surface area contributed by atoms with Crippen molar-refractivity contribution in [2.24, 2.45) is 11.1 Å². The van der Waals surface area contributed by atoms with Crippen molar-refractivity contribution in [2.45, 2.75) is 46.1 Å². The van der Waals surface area contributed by atoms with Crippen LogP contribution in [0.1, 0.15) is 40.0 Å². The minimum atomic E-state index is -0.318. The number of carbonyl (C=O) groups excluding carboxylic acids is 1. The molecule has 0 aromatic heterocycles. The summed E-state index contributed by atoms with van der Waals surface area (Å²) in [6.45, 7) is 8.99. The van der Waals surface area contributed by atoms with Gasteiger partial charge in [0, 0.05) is 19.7 Å². The van der Waals surface area contributed by atoms with E-state index in [1.807, 2.05) is 11.8 Å². The first-order valence-electron chi connectivity index (χ1n) is 6.63. The van der Waals surface area contributed by atoms with Crippen LogP contribution in [0.5, 0.6) is 0 Å². The molecular weight excluding hydrogens is 216 g/mol. The monoisotopic (exact) mass is 242 g/mol. The quantitative estimate of drug-likeness (QED) is 0.716. The molecular formula is C13H26N2O2. The molecule has 0 aromatic carbocycles. The summed E-state index contributed by atoms with van der Waals surface area (Å²) in [7, 11) is 0. The lowest BCUT2D eigenvalue weighted by Gasteiger charge is -2.24. The second-order valence-corrected chi connectivity index (χ2v) is 5.39. The Morgan fingerprint density at radius 2 is 2.29 bits per heavy atom. The van der Waals surface area contributed by atoms with E-state index in [0.717, 1.165) is 32.4 Å². The third-order valence-corrected chi connectivity index (χ3v) is 3.58. The Kier molecular flexibility index (Phi) is 5.40. The van der Waals surface area contributed by atoms with Gasteiger partial charge in [-0.15, -0.1) is 0 Å². The van der Waals surface area contributed by atoms with Gasteiger partial charge >= 0.3 is 0 Å². The van der Waals surface area contributed by atoms with Crippen LogP contribution in [0.3, 0.4) is 0 Å². The summed E-state index contributed by atoms with van der Waals surface area (Å²) in [5, 5.41) is 0. The summed E-state index contributed by atoms with van der Waals surface area (Å²) < 4.78 is 5.54. The van der Waals surface area contributed by atoms with Crippen LogP contribution in [0.25, 0.3) is 0 Å². The number of likely N-dealkylation sites (tertiary alicyclic amines) is 1. The molecule has 0 spiro atoms. The lowest BCUT2D eigenvalue weighted by molar-refractivity contribution is -0.142. The fourth-order valence-corrected chi connectivity index (χ4v) is 2.11. The largest absolute Gasteiger partial charge is 0.369 e. The van der Waals surface area contributed by atoms with E-state index in [2.05, 4.69) is 13.8 Å². The summed E-state index contributed by atoms with van der Waals surface area (Å²) >= 11 is 0. The highest BCUT2D eigenvalue weighted by atomic mass is 16.5. The van der Waals surface area contributed by atoms with Gasteiger partial charge in [-0.05, 0) is 31.7 Å². The maximum absolute atomic E-state index is 12.1. The fourth-order valence-electron chi connectivity index (χ4n) is 2.11. The predicted octanol–water partition coefficient (Wildman–Crippen LogP) is 1.39. The number of amides is 1. The lowest BCUT2D eigenvalue weighted by atomic mass is 9.90. The number of unbranched alkanes of at least 4 members (excludes halogenated alkanes) is 1. The van der Waals surface area contributed by atoms with Crippen LogP contribution in [0.15, 0.2) is 0 Å². The number of nitrogens with two attached hydrogens (primary N) is 1. The molecule has 1 fully saturated rings. The summed E-state index contributed by atoms with van der Waals surface area (Å²) in [5.41, 5.74) is 5.83. The van der Waals surface area contributed by atoms with Gasteiger partial charge in [-0.1, -0.05) is 20.3 Å². The van der Waals surface area contributed by atoms with Crippen LogP contribution >= 0.6 is 0 Å². The highest BCUT2D eigenvalue weighted by molar-refractivity contribution is 5.80. The highest BCUT2D eigenvalue weighted by Gasteiger charge is 2.36. The van der Waals surface area contributed by atoms with Crippen molar-refractivity contribution in [1.82, 2.24) is 4.90 Å². The number of ether oxygens (including phenoxy) is 1. The summed E-state index contributed by atoms with van der Waals surface area (Å²) in [6.07, 6.45) is 2.78. The maximum atomic E-state index is 12.1. The zero-order valence-electron chi connectivity index (χ0n) is 11.4. The summed E-state index contributed by atoms with van der Waals surface area (Å²) in [4.78, 5) is 14.0. The topological polar surface area (TPSA) is 55.6 Å². The minimum Gasteiger partial charge on any atom is -0.369 e. The molecule has 1 saturated heterocycles. The smallest absolute Gasteiger partial charge is 0.251 e. The van der Waals surface area contributed by atoms with Gasteiger partial charge in [0.05, 0.1) is 0 Å². The molecule has 2 atom stereocenters. The standard InChI is InChI=1S/C13H26N2O2/c1-4-5-8-17-11(2)12(16)15-7-6-13(3,9-14)10-15/h11H,4-10,14H2,1-3H3. The van der Waals surface area contributed by atoms with Gasteiger partial charge < -0.3 is 15.4 Å². The average Bonchev–Trinajstić information content (AvgIpc) is 2.72. The first-order valence-corrected chi connectivity index (χ1v) is 6.63. The van der Waals surface area contributed by atoms with Crippen LogP contribution in [0, 0.1) is 5.41 Å². The van der Waals surface area contributed by atoms with Gasteiger partial charge in [-0.2, -0.15) is 0 Å². The third kappa shape index (κ3) is 3.96. The summed E-state index contributed by atoms with van der Waals surface area (Å²) in [6, 6.07) is 0. The van der Waals surface area contributed by atoms with Crippen LogP contribution in [0.2, 0.25) is 0 Å². The first-order chi connectivity index (χ1) is 8.02. The zero-order valence-corrected chi connectivity index (χ0v) is 11.4. The van der Waals surface area contributed by atoms with Gasteiger partial charge in [0.15, 0.2) is 0 Å². The summed E-state index contributed by atoms with van der Waals surface area (Å²) in [5.74, 6) is 0.110. The average molecular weight is 242 g/mol. The van der Waals surface area contributed by atoms with Gasteiger partial charge in [0.2, 0.25) is 0 Å². The SMILES string of the molecule is CCCCOC(C)C(=O)N1CCC(C)(CN)C1. The molecule has 1 amide bonds. The molecule has 1 aliphatic rings. The molecule has 4 heteroatoms. The molecule has 0 radical (unpaired) electrons. The molecule has 2 N–H and O–H groups in total. The van der Waals surface area contributed by atoms with E-state index in [-0.39, 0.29) is 17.4 Å². The number of carbonyl (C=O) groups is 1. The van der Waals surface area contributed by atoms with E-state index in [0.29, 0.717) is 13.2 Å². The lowest BCUT2D eigenvalue weighted by Crippen LogP contribution is -2.40. The van der Waals surface area contributed by atoms with E-state index in [1.165, 1.54) is 0 Å². The van der Waals surface area contributed by atoms with Crippen molar-refractivity contribution in [3.63, 3.8) is 0 Å². The Hall–Kier alpha value is -0.610. The Labute approximate surface area is 104 Å². The van der Waals surface area contributed by atoms with Crippen LogP contribution < -0.4 is 5.73 Å². The molecule has 100 valence electrons. The number of hydrogen-bond acceptors (Lipinski definition) is 3. The predicted molar refractivity (Wildman–Crippen MR) is 68.7 cm³/mol. The highest BCUT2D eigenvalue weighted by Crippen LogP contribution is 2.28. The van der Waals surface area contributed by atoms with Crippen molar-refractivity contribution in [3.05, 3.63) is 0 Å². The van der Waals surface area contributed by atoms with E-state index in [1.54, 1.807) is 0 Å². The van der Waals surface area contributed by atoms with Crippen molar-refractivity contribution in [2.75, 3.05) is 26.2 Å². The molecule has 1 heterocycles. The van der Waals surface area contributed by atoms with Gasteiger partial charge in [0.1, 0.15) is 6.10 Å². The van der Waals surface area contributed by atoms with Crippen molar-refractivity contribution in [3.8, 4) is 0 Å². The van der Waals surface area contributed by atoms with Gasteiger partial charge in [-0.25, -0.2) is 0 Å². The van der Waals surface area contributed by atoms with E-state index < -0.39 is 0 Å². The Morgan fingerprint density at radius 3 is 2.82 bits per heavy atom. The Bertz CT molecular complexity index is 258. The van der Waals surface area contributed by atoms with Crippen LogP contribution in [0.4, 0.5) is 0 Å². The van der Waals surface area contributed by atoms with Gasteiger partial charge in [0.25, 0.3) is 5.91 Å². The number of rotatable bonds is 6. The normalized spacial score (nSPS) is 26.2. The molecule has 4 nitrogen and oxygen atoms in total. The van der Waals surface area contributed by atoms with Crippen LogP contribution in [-0.2, 0) is 9.53 Å². The molecule has 2 unspecified atom stereocenters. The van der Waals surface area contributed by atoms with E-state index in [9.17, 15) is 4.79 Å².